The van der Waals surface area contributed by atoms with Crippen LogP contribution in [-0.4, -0.2) is 62.1 Å². The Labute approximate surface area is 164 Å². The van der Waals surface area contributed by atoms with Gasteiger partial charge < -0.3 is 24.6 Å². The Balaban J connectivity index is 1.65. The predicted octanol–water partition coefficient (Wildman–Crippen LogP) is 2.02. The van der Waals surface area contributed by atoms with E-state index in [0.717, 1.165) is 18.8 Å². The van der Waals surface area contributed by atoms with Crippen molar-refractivity contribution in [2.24, 2.45) is 0 Å². The van der Waals surface area contributed by atoms with Crippen LogP contribution in [0.5, 0.6) is 11.5 Å². The monoisotopic (exact) mass is 384 g/mol. The van der Waals surface area contributed by atoms with Gasteiger partial charge in [0, 0.05) is 39.2 Å². The van der Waals surface area contributed by atoms with Gasteiger partial charge >= 0.3 is 0 Å². The van der Waals surface area contributed by atoms with E-state index in [1.165, 1.54) is 7.11 Å². The Hall–Kier alpha value is -3.29. The highest BCUT2D eigenvalue weighted by molar-refractivity contribution is 6.03. The third-order valence-corrected chi connectivity index (χ3v) is 4.73. The number of nitrogens with zero attached hydrogens (tertiary/aromatic N) is 3. The van der Waals surface area contributed by atoms with Gasteiger partial charge in [-0.25, -0.2) is 4.98 Å². The first kappa shape index (κ1) is 19.5. The second-order valence-electron chi connectivity index (χ2n) is 6.42. The second kappa shape index (κ2) is 8.60. The number of hydrogen-bond donors (Lipinski definition) is 1. The van der Waals surface area contributed by atoms with Crippen LogP contribution < -0.4 is 19.7 Å². The summed E-state index contributed by atoms with van der Waals surface area (Å²) in [6, 6.07) is 8.73. The van der Waals surface area contributed by atoms with Gasteiger partial charge in [0.05, 0.1) is 31.8 Å². The molecule has 1 aromatic carbocycles. The molecule has 0 radical (unpaired) electrons. The molecule has 2 aromatic rings. The van der Waals surface area contributed by atoms with Crippen molar-refractivity contribution in [3.05, 3.63) is 42.2 Å². The number of anilines is 2. The molecule has 3 rings (SSSR count). The summed E-state index contributed by atoms with van der Waals surface area (Å²) in [5.74, 6) is 0.921. The minimum atomic E-state index is -0.323. The zero-order valence-corrected chi connectivity index (χ0v) is 16.3. The lowest BCUT2D eigenvalue weighted by atomic mass is 10.2. The summed E-state index contributed by atoms with van der Waals surface area (Å²) in [5, 5.41) is 2.81. The highest BCUT2D eigenvalue weighted by Crippen LogP contribution is 2.29. The van der Waals surface area contributed by atoms with E-state index in [2.05, 4.69) is 15.2 Å². The van der Waals surface area contributed by atoms with Gasteiger partial charge in [0.2, 0.25) is 5.91 Å². The second-order valence-corrected chi connectivity index (χ2v) is 6.42. The number of nitrogens with one attached hydrogen (secondary N) is 1. The van der Waals surface area contributed by atoms with E-state index in [0.29, 0.717) is 36.0 Å². The van der Waals surface area contributed by atoms with Gasteiger partial charge in [-0.1, -0.05) is 0 Å². The van der Waals surface area contributed by atoms with Gasteiger partial charge in [-0.2, -0.15) is 0 Å². The molecule has 0 aliphatic carbocycles. The Morgan fingerprint density at radius 2 is 1.79 bits per heavy atom. The standard InChI is InChI=1S/C20H24N4O4/c1-14(25)23-8-10-24(11-9-23)15-4-6-18(21-13-15)20(26)22-17-7-5-16(27-2)12-19(17)28-3/h4-7,12-13H,8-11H2,1-3H3,(H,22,26). The van der Waals surface area contributed by atoms with Crippen LogP contribution in [-0.2, 0) is 4.79 Å². The van der Waals surface area contributed by atoms with Crippen LogP contribution in [0.4, 0.5) is 11.4 Å². The first-order valence-corrected chi connectivity index (χ1v) is 9.01. The fraction of sp³-hybridized carbons (Fsp3) is 0.350. The lowest BCUT2D eigenvalue weighted by Gasteiger charge is -2.35. The lowest BCUT2D eigenvalue weighted by Crippen LogP contribution is -2.48. The van der Waals surface area contributed by atoms with Crippen molar-refractivity contribution in [1.29, 1.82) is 0 Å². The average Bonchev–Trinajstić information content (AvgIpc) is 2.74. The molecule has 28 heavy (non-hydrogen) atoms. The van der Waals surface area contributed by atoms with Crippen LogP contribution in [0.2, 0.25) is 0 Å². The molecule has 1 aliphatic rings. The molecule has 8 nitrogen and oxygen atoms in total. The number of carbonyl (C=O) groups is 2. The molecule has 0 unspecified atom stereocenters. The molecule has 2 heterocycles. The van der Waals surface area contributed by atoms with Gasteiger partial charge in [-0.15, -0.1) is 0 Å². The van der Waals surface area contributed by atoms with Crippen molar-refractivity contribution in [3.63, 3.8) is 0 Å². The Kier molecular flexibility index (Phi) is 5.98. The highest BCUT2D eigenvalue weighted by Gasteiger charge is 2.19. The van der Waals surface area contributed by atoms with E-state index in [1.807, 2.05) is 11.0 Å². The molecule has 1 N–H and O–H groups in total. The summed E-state index contributed by atoms with van der Waals surface area (Å²) >= 11 is 0. The molecular weight excluding hydrogens is 360 g/mol. The van der Waals surface area contributed by atoms with Crippen molar-refractivity contribution in [2.45, 2.75) is 6.92 Å². The maximum absolute atomic E-state index is 12.5. The van der Waals surface area contributed by atoms with E-state index in [1.54, 1.807) is 44.5 Å². The summed E-state index contributed by atoms with van der Waals surface area (Å²) in [4.78, 5) is 32.2. The number of rotatable bonds is 5. The smallest absolute Gasteiger partial charge is 0.274 e. The third kappa shape index (κ3) is 4.33. The Morgan fingerprint density at radius 1 is 1.04 bits per heavy atom. The van der Waals surface area contributed by atoms with Crippen molar-refractivity contribution in [2.75, 3.05) is 50.6 Å². The zero-order valence-electron chi connectivity index (χ0n) is 16.3. The molecular formula is C20H24N4O4. The normalized spacial score (nSPS) is 13.8. The third-order valence-electron chi connectivity index (χ3n) is 4.73. The molecule has 0 atom stereocenters. The predicted molar refractivity (Wildman–Crippen MR) is 106 cm³/mol. The summed E-state index contributed by atoms with van der Waals surface area (Å²) in [6.07, 6.45) is 1.68. The molecule has 0 spiro atoms. The van der Waals surface area contributed by atoms with Crippen LogP contribution >= 0.6 is 0 Å². The van der Waals surface area contributed by atoms with Crippen molar-refractivity contribution < 1.29 is 19.1 Å². The van der Waals surface area contributed by atoms with E-state index < -0.39 is 0 Å². The van der Waals surface area contributed by atoms with E-state index in [4.69, 9.17) is 9.47 Å². The van der Waals surface area contributed by atoms with E-state index in [9.17, 15) is 9.59 Å². The molecule has 8 heteroatoms. The molecule has 1 aromatic heterocycles. The maximum Gasteiger partial charge on any atom is 0.274 e. The first-order valence-electron chi connectivity index (χ1n) is 9.01. The average molecular weight is 384 g/mol. The van der Waals surface area contributed by atoms with E-state index >= 15 is 0 Å². The molecule has 0 saturated carbocycles. The largest absolute Gasteiger partial charge is 0.497 e. The van der Waals surface area contributed by atoms with Gasteiger partial charge in [0.15, 0.2) is 0 Å². The minimum Gasteiger partial charge on any atom is -0.497 e. The maximum atomic E-state index is 12.5. The number of hydrogen-bond acceptors (Lipinski definition) is 6. The minimum absolute atomic E-state index is 0.0961. The van der Waals surface area contributed by atoms with Gasteiger partial charge in [0.25, 0.3) is 5.91 Å². The van der Waals surface area contributed by atoms with Crippen LogP contribution in [0.25, 0.3) is 0 Å². The SMILES string of the molecule is COc1ccc(NC(=O)c2ccc(N3CCN(C(C)=O)CC3)cn2)c(OC)c1. The fourth-order valence-electron chi connectivity index (χ4n) is 3.08. The number of benzene rings is 1. The number of aromatic nitrogens is 1. The van der Waals surface area contributed by atoms with Crippen molar-refractivity contribution in [1.82, 2.24) is 9.88 Å². The van der Waals surface area contributed by atoms with Crippen molar-refractivity contribution >= 4 is 23.2 Å². The molecule has 0 bridgehead atoms. The number of piperazine rings is 1. The molecule has 1 aliphatic heterocycles. The molecule has 1 fully saturated rings. The van der Waals surface area contributed by atoms with Crippen LogP contribution in [0, 0.1) is 0 Å². The van der Waals surface area contributed by atoms with Crippen LogP contribution in [0.3, 0.4) is 0 Å². The van der Waals surface area contributed by atoms with Gasteiger partial charge in [0.1, 0.15) is 17.2 Å². The lowest BCUT2D eigenvalue weighted by molar-refractivity contribution is -0.129. The number of carbonyl (C=O) groups excluding carboxylic acids is 2. The summed E-state index contributed by atoms with van der Waals surface area (Å²) in [6.45, 7) is 4.46. The van der Waals surface area contributed by atoms with Crippen molar-refractivity contribution in [3.8, 4) is 11.5 Å². The molecule has 2 amide bonds. The van der Waals surface area contributed by atoms with E-state index in [-0.39, 0.29) is 11.8 Å². The number of amides is 2. The zero-order chi connectivity index (χ0) is 20.1. The Morgan fingerprint density at radius 3 is 2.36 bits per heavy atom. The quantitative estimate of drug-likeness (QED) is 0.849. The molecule has 1 saturated heterocycles. The molecule has 148 valence electrons. The summed E-state index contributed by atoms with van der Waals surface area (Å²) in [5.41, 5.74) is 1.78. The summed E-state index contributed by atoms with van der Waals surface area (Å²) < 4.78 is 10.5. The van der Waals surface area contributed by atoms with Gasteiger partial charge in [-0.3, -0.25) is 9.59 Å². The van der Waals surface area contributed by atoms with Crippen LogP contribution in [0.15, 0.2) is 36.5 Å². The topological polar surface area (TPSA) is 84.0 Å². The number of ether oxygens (including phenoxy) is 2. The number of pyridine rings is 1. The first-order chi connectivity index (χ1) is 13.5. The summed E-state index contributed by atoms with van der Waals surface area (Å²) in [7, 11) is 3.10. The van der Waals surface area contributed by atoms with Gasteiger partial charge in [-0.05, 0) is 24.3 Å². The number of methoxy groups -OCH3 is 2. The van der Waals surface area contributed by atoms with Crippen LogP contribution in [0.1, 0.15) is 17.4 Å². The highest BCUT2D eigenvalue weighted by atomic mass is 16.5. The fourth-order valence-corrected chi connectivity index (χ4v) is 3.08. The Bertz CT molecular complexity index is 846.